The molecule has 4 atom stereocenters. The summed E-state index contributed by atoms with van der Waals surface area (Å²) in [6, 6.07) is 0. The summed E-state index contributed by atoms with van der Waals surface area (Å²) in [5.74, 6) is -1.31. The van der Waals surface area contributed by atoms with Gasteiger partial charge in [0.2, 0.25) is 0 Å². The molecule has 4 saturated heterocycles. The number of ether oxygens (including phenoxy) is 4. The Morgan fingerprint density at radius 3 is 1.69 bits per heavy atom. The normalized spacial score (nSPS) is 26.3. The van der Waals surface area contributed by atoms with E-state index < -0.39 is 58.2 Å². The van der Waals surface area contributed by atoms with E-state index in [2.05, 4.69) is 29.0 Å². The van der Waals surface area contributed by atoms with Crippen LogP contribution in [0.3, 0.4) is 0 Å². The monoisotopic (exact) mass is 779 g/mol. The van der Waals surface area contributed by atoms with Crippen molar-refractivity contribution in [1.29, 1.82) is 0 Å². The van der Waals surface area contributed by atoms with Crippen LogP contribution in [0.4, 0.5) is 25.2 Å². The van der Waals surface area contributed by atoms with Crippen molar-refractivity contribution in [2.24, 2.45) is 0 Å². The second-order valence-electron chi connectivity index (χ2n) is 12.6. The molecule has 6 heterocycles. The molecular formula is C28H41F6N7O8P2. The van der Waals surface area contributed by atoms with Gasteiger partial charge in [0.25, 0.3) is 0 Å². The van der Waals surface area contributed by atoms with Crippen molar-refractivity contribution < 1.29 is 63.0 Å². The van der Waals surface area contributed by atoms with Gasteiger partial charge in [0.05, 0.1) is 6.33 Å². The molecule has 0 unspecified atom stereocenters. The number of fused-ring (bicyclic) bond motifs is 1. The second-order valence-corrected chi connectivity index (χ2v) is 17.4. The zero-order chi connectivity index (χ0) is 37.3. The summed E-state index contributed by atoms with van der Waals surface area (Å²) in [5.41, 5.74) is 0.862. The van der Waals surface area contributed by atoms with Gasteiger partial charge in [-0.3, -0.25) is 23.5 Å². The average Bonchev–Trinajstić information content (AvgIpc) is 3.85. The van der Waals surface area contributed by atoms with E-state index in [4.69, 9.17) is 23.5 Å². The SMILES string of the molecule is CC(=O)OC[C@H]1O[C@@H](n2cnc3c(O[P+](N4CCCC4)(N4CCCC4)N4CCCC4)ncnc32)[C@H](OC(C)=O)[C@@H]1OC(C)=O.F[P-](F)(F)(F)(F)F. The number of hydrogen-bond acceptors (Lipinski definition) is 14. The Bertz CT molecular complexity index is 1540. The van der Waals surface area contributed by atoms with Crippen molar-refractivity contribution in [1.82, 2.24) is 33.5 Å². The van der Waals surface area contributed by atoms with E-state index in [-0.39, 0.29) is 6.61 Å². The molecule has 0 amide bonds. The topological polar surface area (TPSA) is 151 Å². The van der Waals surface area contributed by atoms with Crippen LogP contribution in [0, 0.1) is 0 Å². The van der Waals surface area contributed by atoms with E-state index in [1.807, 2.05) is 0 Å². The van der Waals surface area contributed by atoms with Crippen LogP contribution in [0.25, 0.3) is 11.2 Å². The van der Waals surface area contributed by atoms with Crippen LogP contribution < -0.4 is 4.52 Å². The van der Waals surface area contributed by atoms with E-state index in [9.17, 15) is 39.6 Å². The van der Waals surface area contributed by atoms with E-state index >= 15 is 0 Å². The van der Waals surface area contributed by atoms with Crippen LogP contribution in [0.2, 0.25) is 0 Å². The van der Waals surface area contributed by atoms with Crippen LogP contribution in [0.5, 0.6) is 5.88 Å². The molecule has 2 aromatic heterocycles. The molecule has 6 rings (SSSR count). The molecule has 15 nitrogen and oxygen atoms in total. The van der Waals surface area contributed by atoms with E-state index in [1.165, 1.54) is 33.4 Å². The molecule has 0 N–H and O–H groups in total. The van der Waals surface area contributed by atoms with Gasteiger partial charge in [-0.1, -0.05) is 0 Å². The molecule has 51 heavy (non-hydrogen) atoms. The number of aromatic nitrogens is 4. The Hall–Kier alpha value is -2.96. The quantitative estimate of drug-likeness (QED) is 0.122. The fourth-order valence-electron chi connectivity index (χ4n) is 6.71. The Labute approximate surface area is 289 Å². The number of esters is 3. The van der Waals surface area contributed by atoms with E-state index in [0.29, 0.717) is 17.0 Å². The number of hydrogen-bond donors (Lipinski definition) is 0. The Morgan fingerprint density at radius 2 is 1.24 bits per heavy atom. The first-order valence-corrected chi connectivity index (χ1v) is 20.0. The van der Waals surface area contributed by atoms with E-state index in [1.54, 1.807) is 4.57 Å². The van der Waals surface area contributed by atoms with Crippen LogP contribution in [0.15, 0.2) is 12.7 Å². The van der Waals surface area contributed by atoms with Crippen LogP contribution in [-0.2, 0) is 33.3 Å². The predicted molar refractivity (Wildman–Crippen MR) is 171 cm³/mol. The fraction of sp³-hybridized carbons (Fsp3) is 0.714. The summed E-state index contributed by atoms with van der Waals surface area (Å²) in [6.07, 6.45) is 5.82. The maximum absolute atomic E-state index is 12.2. The number of halogens is 6. The molecule has 4 fully saturated rings. The van der Waals surface area contributed by atoms with Crippen molar-refractivity contribution in [2.45, 2.75) is 83.8 Å². The number of rotatable bonds is 10. The first kappa shape index (κ1) is 39.3. The first-order valence-electron chi connectivity index (χ1n) is 16.4. The second kappa shape index (κ2) is 14.5. The van der Waals surface area contributed by atoms with Crippen molar-refractivity contribution in [2.75, 3.05) is 45.9 Å². The third-order valence-corrected chi connectivity index (χ3v) is 12.3. The predicted octanol–water partition coefficient (Wildman–Crippen LogP) is 5.88. The summed E-state index contributed by atoms with van der Waals surface area (Å²) in [4.78, 5) is 49.6. The molecular weight excluding hydrogens is 738 g/mol. The third-order valence-electron chi connectivity index (χ3n) is 8.50. The van der Waals surface area contributed by atoms with Crippen molar-refractivity contribution in [3.63, 3.8) is 0 Å². The van der Waals surface area contributed by atoms with Crippen LogP contribution >= 0.6 is 15.8 Å². The van der Waals surface area contributed by atoms with E-state index in [0.717, 1.165) is 77.8 Å². The maximum atomic E-state index is 12.2. The number of nitrogens with zero attached hydrogens (tertiary/aromatic N) is 7. The van der Waals surface area contributed by atoms with Crippen molar-refractivity contribution >= 4 is 44.8 Å². The third kappa shape index (κ3) is 10.1. The molecule has 0 spiro atoms. The molecule has 4 aliphatic heterocycles. The zero-order valence-electron chi connectivity index (χ0n) is 28.2. The standard InChI is InChI=1S/C28H41N7O8P.F6P/c1-19(36)39-16-22-24(40-20(2)37)25(41-21(3)38)28(42-22)35-18-31-23-26(35)29-17-30-27(23)43-44(32-10-4-5-11-32,33-12-6-7-13-33)34-14-8-9-15-34;1-7(2,3,4,5)6/h17-18,22,24-25,28H,4-16H2,1-3H3;/q+1;-1/t22-,24-,25-,28-;/m1./s1. The van der Waals surface area contributed by atoms with Crippen LogP contribution in [0.1, 0.15) is 65.5 Å². The first-order chi connectivity index (χ1) is 23.7. The Kier molecular flexibility index (Phi) is 11.1. The van der Waals surface area contributed by atoms with Crippen molar-refractivity contribution in [3.8, 4) is 5.88 Å². The van der Waals surface area contributed by atoms with Gasteiger partial charge in [-0.25, -0.2) is 9.97 Å². The van der Waals surface area contributed by atoms with Gasteiger partial charge in [0.15, 0.2) is 29.6 Å². The molecule has 0 radical (unpaired) electrons. The molecule has 4 aliphatic rings. The summed E-state index contributed by atoms with van der Waals surface area (Å²) < 4.78 is 98.3. The number of carbonyl (C=O) groups excluding carboxylic acids is 3. The summed E-state index contributed by atoms with van der Waals surface area (Å²) in [6.45, 7) is 9.45. The number of carbonyl (C=O) groups is 3. The van der Waals surface area contributed by atoms with Gasteiger partial charge in [0.1, 0.15) is 19.0 Å². The van der Waals surface area contributed by atoms with Gasteiger partial charge >= 0.3 is 64.7 Å². The minimum absolute atomic E-state index is 0.202. The molecule has 0 saturated carbocycles. The van der Waals surface area contributed by atoms with Gasteiger partial charge in [0, 0.05) is 60.0 Å². The number of imidazole rings is 1. The summed E-state index contributed by atoms with van der Waals surface area (Å²) in [7, 11) is -13.1. The average molecular weight is 780 g/mol. The molecule has 0 bridgehead atoms. The van der Waals surface area contributed by atoms with Gasteiger partial charge in [-0.15, -0.1) is 14.0 Å². The molecule has 0 aromatic carbocycles. The summed E-state index contributed by atoms with van der Waals surface area (Å²) >= 11 is 0. The Balaban J connectivity index is 0.000000654. The minimum atomic E-state index is -10.7. The molecule has 288 valence electrons. The van der Waals surface area contributed by atoms with Gasteiger partial charge in [-0.05, 0) is 38.5 Å². The van der Waals surface area contributed by atoms with Gasteiger partial charge < -0.3 is 18.9 Å². The van der Waals surface area contributed by atoms with Gasteiger partial charge in [-0.2, -0.15) is 4.98 Å². The zero-order valence-corrected chi connectivity index (χ0v) is 30.0. The Morgan fingerprint density at radius 1 is 0.765 bits per heavy atom. The molecule has 2 aromatic rings. The summed E-state index contributed by atoms with van der Waals surface area (Å²) in [5, 5.41) is 0. The fourth-order valence-corrected chi connectivity index (χ4v) is 10.9. The van der Waals surface area contributed by atoms with Crippen LogP contribution in [-0.4, -0.2) is 116 Å². The molecule has 0 aliphatic carbocycles. The molecule has 23 heteroatoms. The van der Waals surface area contributed by atoms with Crippen molar-refractivity contribution in [3.05, 3.63) is 12.7 Å².